The summed E-state index contributed by atoms with van der Waals surface area (Å²) in [6.45, 7) is 9.19. The molecule has 1 aliphatic carbocycles. The monoisotopic (exact) mass is 392 g/mol. The van der Waals surface area contributed by atoms with E-state index in [0.29, 0.717) is 11.3 Å². The summed E-state index contributed by atoms with van der Waals surface area (Å²) in [4.78, 5) is 11.6. The van der Waals surface area contributed by atoms with Crippen molar-refractivity contribution < 1.29 is 0 Å². The molecule has 2 aromatic heterocycles. The summed E-state index contributed by atoms with van der Waals surface area (Å²) in [6, 6.07) is 8.32. The van der Waals surface area contributed by atoms with E-state index in [9.17, 15) is 0 Å². The molecule has 3 aromatic rings. The molecular weight excluding hydrogens is 364 g/mol. The molecule has 2 heterocycles. The van der Waals surface area contributed by atoms with Crippen LogP contribution in [0.3, 0.4) is 0 Å². The van der Waals surface area contributed by atoms with Crippen molar-refractivity contribution in [2.45, 2.75) is 53.4 Å². The van der Waals surface area contributed by atoms with Gasteiger partial charge in [-0.15, -0.1) is 11.3 Å². The van der Waals surface area contributed by atoms with E-state index in [1.807, 2.05) is 17.6 Å². The molecule has 0 radical (unpaired) electrons. The molecule has 5 heteroatoms. The van der Waals surface area contributed by atoms with Gasteiger partial charge in [-0.1, -0.05) is 57.0 Å². The third-order valence-corrected chi connectivity index (χ3v) is 7.52. The first-order chi connectivity index (χ1) is 13.5. The van der Waals surface area contributed by atoms with Crippen molar-refractivity contribution in [3.05, 3.63) is 52.2 Å². The fraction of sp³-hybridized carbons (Fsp3) is 0.435. The third kappa shape index (κ3) is 3.68. The number of hydrogen-bond acceptors (Lipinski definition) is 5. The highest BCUT2D eigenvalue weighted by Crippen LogP contribution is 2.45. The second-order valence-electron chi connectivity index (χ2n) is 8.47. The van der Waals surface area contributed by atoms with Gasteiger partial charge in [0.05, 0.1) is 11.6 Å². The number of fused-ring (bicyclic) bond motifs is 3. The molecular formula is C23H28N4S. The summed E-state index contributed by atoms with van der Waals surface area (Å²) in [6.07, 6.45) is 8.22. The number of benzene rings is 1. The van der Waals surface area contributed by atoms with Crippen LogP contribution < -0.4 is 5.43 Å². The zero-order valence-corrected chi connectivity index (χ0v) is 17.9. The van der Waals surface area contributed by atoms with Crippen LogP contribution in [0.25, 0.3) is 10.2 Å². The van der Waals surface area contributed by atoms with Crippen molar-refractivity contribution in [2.24, 2.45) is 16.4 Å². The minimum Gasteiger partial charge on any atom is -0.261 e. The van der Waals surface area contributed by atoms with Crippen molar-refractivity contribution >= 4 is 33.6 Å². The predicted octanol–water partition coefficient (Wildman–Crippen LogP) is 5.99. The highest BCUT2D eigenvalue weighted by molar-refractivity contribution is 7.19. The van der Waals surface area contributed by atoms with Crippen LogP contribution in [0.1, 0.15) is 55.2 Å². The zero-order chi connectivity index (χ0) is 19.7. The van der Waals surface area contributed by atoms with Crippen LogP contribution >= 0.6 is 11.3 Å². The summed E-state index contributed by atoms with van der Waals surface area (Å²) >= 11 is 1.82. The number of nitrogens with zero attached hydrogens (tertiary/aromatic N) is 3. The summed E-state index contributed by atoms with van der Waals surface area (Å²) in [5.74, 6) is 1.52. The number of thiophene rings is 1. The van der Waals surface area contributed by atoms with Gasteiger partial charge in [0.2, 0.25) is 0 Å². The molecule has 146 valence electrons. The Labute approximate surface area is 171 Å². The van der Waals surface area contributed by atoms with Crippen LogP contribution in [-0.2, 0) is 12.8 Å². The number of aromatic nitrogens is 2. The van der Waals surface area contributed by atoms with Crippen LogP contribution in [-0.4, -0.2) is 16.2 Å². The Balaban J connectivity index is 1.63. The summed E-state index contributed by atoms with van der Waals surface area (Å²) < 4.78 is 0. The summed E-state index contributed by atoms with van der Waals surface area (Å²) in [5.41, 5.74) is 7.29. The van der Waals surface area contributed by atoms with Gasteiger partial charge >= 0.3 is 0 Å². The fourth-order valence-electron chi connectivity index (χ4n) is 3.97. The summed E-state index contributed by atoms with van der Waals surface area (Å²) in [7, 11) is 0. The normalized spacial score (nSPS) is 17.2. The molecule has 0 aliphatic heterocycles. The number of nitrogens with one attached hydrogen (secondary N) is 1. The maximum atomic E-state index is 4.55. The summed E-state index contributed by atoms with van der Waals surface area (Å²) in [5, 5.41) is 5.61. The maximum Gasteiger partial charge on any atom is 0.158 e. The number of rotatable bonds is 5. The Morgan fingerprint density at radius 1 is 1.25 bits per heavy atom. The van der Waals surface area contributed by atoms with E-state index in [1.54, 1.807) is 6.33 Å². The molecule has 1 N–H and O–H groups in total. The Kier molecular flexibility index (Phi) is 5.19. The Morgan fingerprint density at radius 2 is 2.04 bits per heavy atom. The zero-order valence-electron chi connectivity index (χ0n) is 17.1. The van der Waals surface area contributed by atoms with Gasteiger partial charge in [0.15, 0.2) is 5.82 Å². The van der Waals surface area contributed by atoms with Gasteiger partial charge in [-0.25, -0.2) is 9.97 Å². The van der Waals surface area contributed by atoms with Gasteiger partial charge in [0, 0.05) is 4.88 Å². The Bertz CT molecular complexity index is 1000. The van der Waals surface area contributed by atoms with Crippen molar-refractivity contribution in [3.8, 4) is 0 Å². The highest BCUT2D eigenvalue weighted by atomic mass is 32.1. The molecule has 4 rings (SSSR count). The van der Waals surface area contributed by atoms with Gasteiger partial charge in [-0.3, -0.25) is 5.43 Å². The molecule has 0 bridgehead atoms. The van der Waals surface area contributed by atoms with E-state index in [2.05, 4.69) is 72.5 Å². The molecule has 1 aromatic carbocycles. The minimum atomic E-state index is 0.360. The van der Waals surface area contributed by atoms with E-state index in [1.165, 1.54) is 34.2 Å². The first kappa shape index (κ1) is 19.1. The SMILES string of the molecule is CCC(C)(C)C1CCc2sc3ncnc(NN=Cc4ccc(C)cc4)c3c2C1. The molecule has 0 amide bonds. The van der Waals surface area contributed by atoms with E-state index in [0.717, 1.165) is 29.1 Å². The van der Waals surface area contributed by atoms with Crippen LogP contribution in [0.5, 0.6) is 0 Å². The lowest BCUT2D eigenvalue weighted by atomic mass is 9.69. The topological polar surface area (TPSA) is 50.2 Å². The second-order valence-corrected chi connectivity index (χ2v) is 9.55. The Morgan fingerprint density at radius 3 is 2.79 bits per heavy atom. The maximum absolute atomic E-state index is 4.55. The van der Waals surface area contributed by atoms with Crippen molar-refractivity contribution in [1.29, 1.82) is 0 Å². The highest BCUT2D eigenvalue weighted by Gasteiger charge is 2.33. The van der Waals surface area contributed by atoms with Gasteiger partial charge < -0.3 is 0 Å². The Hall–Kier alpha value is -2.27. The third-order valence-electron chi connectivity index (χ3n) is 6.32. The lowest BCUT2D eigenvalue weighted by molar-refractivity contribution is 0.184. The lowest BCUT2D eigenvalue weighted by Gasteiger charge is -2.36. The van der Waals surface area contributed by atoms with E-state index < -0.39 is 0 Å². The minimum absolute atomic E-state index is 0.360. The molecule has 1 atom stereocenters. The van der Waals surface area contributed by atoms with Crippen LogP contribution in [0.2, 0.25) is 0 Å². The largest absolute Gasteiger partial charge is 0.261 e. The molecule has 0 saturated carbocycles. The van der Waals surface area contributed by atoms with Crippen LogP contribution in [0, 0.1) is 18.3 Å². The van der Waals surface area contributed by atoms with Gasteiger partial charge in [0.25, 0.3) is 0 Å². The molecule has 1 unspecified atom stereocenters. The average Bonchev–Trinajstić information content (AvgIpc) is 3.08. The van der Waals surface area contributed by atoms with E-state index in [4.69, 9.17) is 0 Å². The van der Waals surface area contributed by atoms with Crippen molar-refractivity contribution in [1.82, 2.24) is 9.97 Å². The van der Waals surface area contributed by atoms with Crippen LogP contribution in [0.4, 0.5) is 5.82 Å². The molecule has 4 nitrogen and oxygen atoms in total. The van der Waals surface area contributed by atoms with Crippen molar-refractivity contribution in [3.63, 3.8) is 0 Å². The molecule has 0 spiro atoms. The number of hydrogen-bond donors (Lipinski definition) is 1. The predicted molar refractivity (Wildman–Crippen MR) is 119 cm³/mol. The fourth-order valence-corrected chi connectivity index (χ4v) is 5.15. The van der Waals surface area contributed by atoms with Crippen molar-refractivity contribution in [2.75, 3.05) is 5.43 Å². The second kappa shape index (κ2) is 7.63. The van der Waals surface area contributed by atoms with Gasteiger partial charge in [0.1, 0.15) is 11.2 Å². The average molecular weight is 393 g/mol. The number of anilines is 1. The van der Waals surface area contributed by atoms with E-state index in [-0.39, 0.29) is 0 Å². The van der Waals surface area contributed by atoms with E-state index >= 15 is 0 Å². The quantitative estimate of drug-likeness (QED) is 0.429. The smallest absolute Gasteiger partial charge is 0.158 e. The number of hydrazone groups is 1. The molecule has 0 saturated heterocycles. The number of aryl methyl sites for hydroxylation is 2. The first-order valence-corrected chi connectivity index (χ1v) is 10.9. The van der Waals surface area contributed by atoms with Crippen LogP contribution in [0.15, 0.2) is 35.7 Å². The standard InChI is InChI=1S/C23H28N4S/c1-5-23(3,4)17-10-11-19-18(12-17)20-21(24-14-25-22(20)28-19)27-26-13-16-8-6-15(2)7-9-16/h6-9,13-14,17H,5,10-12H2,1-4H3,(H,24,25,27). The van der Waals surface area contributed by atoms with Gasteiger partial charge in [-0.05, 0) is 48.6 Å². The first-order valence-electron chi connectivity index (χ1n) is 10.1. The molecule has 28 heavy (non-hydrogen) atoms. The molecule has 1 aliphatic rings. The lowest BCUT2D eigenvalue weighted by Crippen LogP contribution is -2.28. The molecule has 0 fully saturated rings. The van der Waals surface area contributed by atoms with Gasteiger partial charge in [-0.2, -0.15) is 5.10 Å².